The number of rotatable bonds is 7. The fourth-order valence-corrected chi connectivity index (χ4v) is 5.06. The second-order valence-corrected chi connectivity index (χ2v) is 8.88. The van der Waals surface area contributed by atoms with Crippen molar-refractivity contribution in [2.24, 2.45) is 0 Å². The van der Waals surface area contributed by atoms with Gasteiger partial charge in [0.2, 0.25) is 5.91 Å². The molecule has 4 aromatic rings. The molecule has 0 fully saturated rings. The minimum absolute atomic E-state index is 0.0447. The minimum Gasteiger partial charge on any atom is -0.508 e. The van der Waals surface area contributed by atoms with Gasteiger partial charge in [-0.1, -0.05) is 24.3 Å². The third kappa shape index (κ3) is 4.72. The minimum atomic E-state index is -0.130. The zero-order chi connectivity index (χ0) is 24.2. The fourth-order valence-electron chi connectivity index (χ4n) is 3.82. The van der Waals surface area contributed by atoms with E-state index in [0.717, 1.165) is 26.1 Å². The lowest BCUT2D eigenvalue weighted by molar-refractivity contribution is -0.125. The van der Waals surface area contributed by atoms with Gasteiger partial charge in [0.05, 0.1) is 0 Å². The summed E-state index contributed by atoms with van der Waals surface area (Å²) in [5, 5.41) is 20.4. The molecule has 0 atom stereocenters. The first-order valence-corrected chi connectivity index (χ1v) is 11.9. The summed E-state index contributed by atoms with van der Waals surface area (Å²) >= 11 is 1.43. The van der Waals surface area contributed by atoms with E-state index < -0.39 is 0 Å². The number of amides is 1. The van der Waals surface area contributed by atoms with Crippen LogP contribution in [0.1, 0.15) is 35.3 Å². The number of fused-ring (bicyclic) bond motifs is 1. The highest BCUT2D eigenvalue weighted by molar-refractivity contribution is 7.22. The van der Waals surface area contributed by atoms with Crippen LogP contribution in [0.25, 0.3) is 26.6 Å². The summed E-state index contributed by atoms with van der Waals surface area (Å²) in [5.41, 5.74) is 2.73. The molecule has 0 radical (unpaired) electrons. The van der Waals surface area contributed by atoms with Crippen molar-refractivity contribution < 1.29 is 19.8 Å². The summed E-state index contributed by atoms with van der Waals surface area (Å²) in [6.07, 6.45) is 3.30. The van der Waals surface area contributed by atoms with Crippen molar-refractivity contribution in [1.82, 2.24) is 4.90 Å². The molecule has 0 aliphatic heterocycles. The number of likely N-dealkylation sites (N-methyl/N-ethyl adjacent to an activating group) is 1. The molecule has 0 saturated heterocycles. The summed E-state index contributed by atoms with van der Waals surface area (Å²) in [6, 6.07) is 18.9. The van der Waals surface area contributed by atoms with Gasteiger partial charge in [-0.2, -0.15) is 0 Å². The highest BCUT2D eigenvalue weighted by Gasteiger charge is 2.22. The molecule has 0 aliphatic carbocycles. The van der Waals surface area contributed by atoms with Crippen LogP contribution in [0.15, 0.2) is 72.8 Å². The van der Waals surface area contributed by atoms with Gasteiger partial charge in [-0.15, -0.1) is 11.3 Å². The summed E-state index contributed by atoms with van der Waals surface area (Å²) in [7, 11) is 0. The first-order chi connectivity index (χ1) is 16.4. The molecule has 3 aromatic carbocycles. The average molecular weight is 472 g/mol. The summed E-state index contributed by atoms with van der Waals surface area (Å²) < 4.78 is 0.806. The van der Waals surface area contributed by atoms with Crippen LogP contribution in [0.3, 0.4) is 0 Å². The standard InChI is InChI=1S/C28H25NO4S/c1-3-29(4-2)25(32)16-7-18-5-8-19(9-6-18)27(33)26-23-15-14-22(31)17-24(23)34-28(26)20-10-12-21(30)13-11-20/h5-17,30-31H,3-4H2,1-2H3/b16-7+. The summed E-state index contributed by atoms with van der Waals surface area (Å²) in [4.78, 5) is 28.3. The quantitative estimate of drug-likeness (QED) is 0.252. The molecule has 5 nitrogen and oxygen atoms in total. The Balaban J connectivity index is 1.69. The lowest BCUT2D eigenvalue weighted by atomic mass is 9.97. The number of phenols is 2. The van der Waals surface area contributed by atoms with Crippen LogP contribution in [-0.4, -0.2) is 39.9 Å². The highest BCUT2D eigenvalue weighted by Crippen LogP contribution is 2.41. The van der Waals surface area contributed by atoms with Gasteiger partial charge in [-0.25, -0.2) is 0 Å². The molecule has 6 heteroatoms. The predicted octanol–water partition coefficient (Wildman–Crippen LogP) is 6.09. The number of thiophene rings is 1. The van der Waals surface area contributed by atoms with Gasteiger partial charge in [0.1, 0.15) is 11.5 Å². The lowest BCUT2D eigenvalue weighted by Gasteiger charge is -2.15. The maximum Gasteiger partial charge on any atom is 0.246 e. The molecule has 0 bridgehead atoms. The van der Waals surface area contributed by atoms with Crippen molar-refractivity contribution in [2.45, 2.75) is 13.8 Å². The molecular formula is C28H25NO4S. The third-order valence-corrected chi connectivity index (χ3v) is 6.90. The van der Waals surface area contributed by atoms with Crippen molar-refractivity contribution in [3.8, 4) is 21.9 Å². The lowest BCUT2D eigenvalue weighted by Crippen LogP contribution is -2.28. The van der Waals surface area contributed by atoms with Crippen LogP contribution in [0.4, 0.5) is 0 Å². The predicted molar refractivity (Wildman–Crippen MR) is 137 cm³/mol. The Morgan fingerprint density at radius 2 is 1.53 bits per heavy atom. The normalized spacial score (nSPS) is 11.2. The van der Waals surface area contributed by atoms with E-state index in [2.05, 4.69) is 0 Å². The van der Waals surface area contributed by atoms with Crippen molar-refractivity contribution in [2.75, 3.05) is 13.1 Å². The zero-order valence-corrected chi connectivity index (χ0v) is 19.8. The monoisotopic (exact) mass is 471 g/mol. The number of hydrogen-bond donors (Lipinski definition) is 2. The Labute approximate surface area is 202 Å². The topological polar surface area (TPSA) is 77.8 Å². The molecule has 1 heterocycles. The SMILES string of the molecule is CCN(CC)C(=O)/C=C/c1ccc(C(=O)c2c(-c3ccc(O)cc3)sc3cc(O)ccc23)cc1. The Morgan fingerprint density at radius 3 is 2.18 bits per heavy atom. The van der Waals surface area contributed by atoms with Crippen LogP contribution >= 0.6 is 11.3 Å². The van der Waals surface area contributed by atoms with E-state index >= 15 is 0 Å². The maximum atomic E-state index is 13.6. The van der Waals surface area contributed by atoms with E-state index in [0.29, 0.717) is 24.2 Å². The smallest absolute Gasteiger partial charge is 0.246 e. The van der Waals surface area contributed by atoms with E-state index in [1.165, 1.54) is 11.3 Å². The van der Waals surface area contributed by atoms with Crippen LogP contribution in [0.2, 0.25) is 0 Å². The van der Waals surface area contributed by atoms with Crippen LogP contribution in [0, 0.1) is 0 Å². The number of carbonyl (C=O) groups excluding carboxylic acids is 2. The van der Waals surface area contributed by atoms with E-state index in [-0.39, 0.29) is 23.2 Å². The number of phenolic OH excluding ortho intramolecular Hbond substituents is 2. The molecule has 4 rings (SSSR count). The van der Waals surface area contributed by atoms with Gasteiger partial charge in [0.15, 0.2) is 5.78 Å². The number of aromatic hydroxyl groups is 2. The zero-order valence-electron chi connectivity index (χ0n) is 19.0. The number of carbonyl (C=O) groups is 2. The van der Waals surface area contributed by atoms with E-state index in [4.69, 9.17) is 0 Å². The molecule has 1 aromatic heterocycles. The Kier molecular flexibility index (Phi) is 6.80. The van der Waals surface area contributed by atoms with Gasteiger partial charge in [0, 0.05) is 45.3 Å². The largest absolute Gasteiger partial charge is 0.508 e. The first-order valence-electron chi connectivity index (χ1n) is 11.1. The van der Waals surface area contributed by atoms with Crippen LogP contribution in [-0.2, 0) is 4.79 Å². The van der Waals surface area contributed by atoms with Gasteiger partial charge in [-0.05, 0) is 73.5 Å². The Morgan fingerprint density at radius 1 is 0.882 bits per heavy atom. The number of nitrogens with zero attached hydrogens (tertiary/aromatic N) is 1. The molecule has 0 aliphatic rings. The van der Waals surface area contributed by atoms with Crippen molar-refractivity contribution >= 4 is 39.2 Å². The molecular weight excluding hydrogens is 446 g/mol. The van der Waals surface area contributed by atoms with Crippen LogP contribution < -0.4 is 0 Å². The summed E-state index contributed by atoms with van der Waals surface area (Å²) in [5.74, 6) is 0.116. The maximum absolute atomic E-state index is 13.6. The van der Waals surface area contributed by atoms with Gasteiger partial charge >= 0.3 is 0 Å². The second-order valence-electron chi connectivity index (χ2n) is 7.83. The van der Waals surface area contributed by atoms with Crippen molar-refractivity contribution in [3.63, 3.8) is 0 Å². The number of ketones is 1. The van der Waals surface area contributed by atoms with E-state index in [1.807, 2.05) is 26.0 Å². The highest BCUT2D eigenvalue weighted by atomic mass is 32.1. The van der Waals surface area contributed by atoms with E-state index in [1.54, 1.807) is 71.6 Å². The Bertz CT molecular complexity index is 1360. The molecule has 1 amide bonds. The first kappa shape index (κ1) is 23.3. The van der Waals surface area contributed by atoms with E-state index in [9.17, 15) is 19.8 Å². The van der Waals surface area contributed by atoms with Gasteiger partial charge < -0.3 is 15.1 Å². The molecule has 0 unspecified atom stereocenters. The van der Waals surface area contributed by atoms with Gasteiger partial charge in [0.25, 0.3) is 0 Å². The average Bonchev–Trinajstić information content (AvgIpc) is 3.22. The Hall–Kier alpha value is -3.90. The third-order valence-electron chi connectivity index (χ3n) is 5.70. The molecule has 172 valence electrons. The molecule has 34 heavy (non-hydrogen) atoms. The molecule has 0 spiro atoms. The van der Waals surface area contributed by atoms with Crippen molar-refractivity contribution in [1.29, 1.82) is 0 Å². The number of hydrogen-bond acceptors (Lipinski definition) is 5. The second kappa shape index (κ2) is 9.93. The fraction of sp³-hybridized carbons (Fsp3) is 0.143. The van der Waals surface area contributed by atoms with Crippen LogP contribution in [0.5, 0.6) is 11.5 Å². The molecule has 2 N–H and O–H groups in total. The number of benzene rings is 3. The molecule has 0 saturated carbocycles. The van der Waals surface area contributed by atoms with Crippen molar-refractivity contribution in [3.05, 3.63) is 89.5 Å². The summed E-state index contributed by atoms with van der Waals surface area (Å²) in [6.45, 7) is 5.20. The van der Waals surface area contributed by atoms with Gasteiger partial charge in [-0.3, -0.25) is 9.59 Å².